The maximum atomic E-state index is 5.84. The second-order valence-electron chi connectivity index (χ2n) is 3.94. The summed E-state index contributed by atoms with van der Waals surface area (Å²) >= 11 is 0. The number of anilines is 1. The van der Waals surface area contributed by atoms with Crippen LogP contribution in [0.15, 0.2) is 18.7 Å². The van der Waals surface area contributed by atoms with Crippen molar-refractivity contribution in [1.82, 2.24) is 4.90 Å². The summed E-state index contributed by atoms with van der Waals surface area (Å²) in [4.78, 5) is 2.31. The zero-order chi connectivity index (χ0) is 10.1. The molecule has 14 heavy (non-hydrogen) atoms. The van der Waals surface area contributed by atoms with Gasteiger partial charge in [-0.2, -0.15) is 0 Å². The smallest absolute Gasteiger partial charge is 0.0323 e. The van der Waals surface area contributed by atoms with Crippen LogP contribution < -0.4 is 5.73 Å². The quantitative estimate of drug-likeness (QED) is 0.682. The summed E-state index contributed by atoms with van der Waals surface area (Å²) in [5, 5.41) is 0. The minimum absolute atomic E-state index is 0.842. The third-order valence-electron chi connectivity index (χ3n) is 2.80. The molecule has 2 rings (SSSR count). The predicted molar refractivity (Wildman–Crippen MR) is 61.0 cm³/mol. The molecule has 0 amide bonds. The van der Waals surface area contributed by atoms with E-state index in [1.807, 2.05) is 12.1 Å². The average molecular weight is 188 g/mol. The standard InChI is InChI=1S/C12H16N2/c1-3-9-6-11(13)7-10-8-14(2)5-4-12(9)10/h3,6-7H,1,4-5,8,13H2,2H3. The van der Waals surface area contributed by atoms with Crippen LogP contribution in [0.25, 0.3) is 6.08 Å². The normalized spacial score (nSPS) is 16.4. The minimum Gasteiger partial charge on any atom is -0.399 e. The van der Waals surface area contributed by atoms with E-state index in [1.165, 1.54) is 16.7 Å². The summed E-state index contributed by atoms with van der Waals surface area (Å²) in [7, 11) is 2.14. The van der Waals surface area contributed by atoms with Gasteiger partial charge in [0.05, 0.1) is 0 Å². The van der Waals surface area contributed by atoms with Gasteiger partial charge < -0.3 is 10.6 Å². The summed E-state index contributed by atoms with van der Waals surface area (Å²) in [6, 6.07) is 4.09. The fraction of sp³-hybridized carbons (Fsp3) is 0.333. The number of likely N-dealkylation sites (N-methyl/N-ethyl adjacent to an activating group) is 1. The number of nitrogens with two attached hydrogens (primary N) is 1. The van der Waals surface area contributed by atoms with E-state index in [2.05, 4.69) is 24.6 Å². The first-order valence-corrected chi connectivity index (χ1v) is 4.93. The Kier molecular flexibility index (Phi) is 2.30. The van der Waals surface area contributed by atoms with Gasteiger partial charge in [-0.25, -0.2) is 0 Å². The molecule has 0 aromatic heterocycles. The van der Waals surface area contributed by atoms with Crippen LogP contribution in [-0.4, -0.2) is 18.5 Å². The van der Waals surface area contributed by atoms with Gasteiger partial charge in [-0.15, -0.1) is 0 Å². The Morgan fingerprint density at radius 1 is 1.50 bits per heavy atom. The number of hydrogen-bond acceptors (Lipinski definition) is 2. The molecule has 0 fully saturated rings. The van der Waals surface area contributed by atoms with Crippen LogP contribution in [-0.2, 0) is 13.0 Å². The van der Waals surface area contributed by atoms with Crippen LogP contribution in [0, 0.1) is 0 Å². The highest BCUT2D eigenvalue weighted by atomic mass is 15.1. The molecule has 74 valence electrons. The molecule has 0 saturated carbocycles. The third-order valence-corrected chi connectivity index (χ3v) is 2.80. The van der Waals surface area contributed by atoms with Crippen molar-refractivity contribution in [3.63, 3.8) is 0 Å². The van der Waals surface area contributed by atoms with Crippen molar-refractivity contribution in [2.24, 2.45) is 0 Å². The molecule has 0 unspecified atom stereocenters. The molecule has 1 aromatic carbocycles. The fourth-order valence-corrected chi connectivity index (χ4v) is 2.08. The number of rotatable bonds is 1. The number of benzene rings is 1. The lowest BCUT2D eigenvalue weighted by molar-refractivity contribution is 0.313. The summed E-state index contributed by atoms with van der Waals surface area (Å²) in [6.45, 7) is 5.95. The van der Waals surface area contributed by atoms with Gasteiger partial charge in [0, 0.05) is 18.8 Å². The van der Waals surface area contributed by atoms with E-state index < -0.39 is 0 Å². The van der Waals surface area contributed by atoms with Crippen molar-refractivity contribution in [2.75, 3.05) is 19.3 Å². The van der Waals surface area contributed by atoms with Crippen molar-refractivity contribution in [3.05, 3.63) is 35.4 Å². The molecule has 0 spiro atoms. The van der Waals surface area contributed by atoms with Crippen LogP contribution >= 0.6 is 0 Å². The highest BCUT2D eigenvalue weighted by molar-refractivity contribution is 5.61. The number of fused-ring (bicyclic) bond motifs is 1. The van der Waals surface area contributed by atoms with Crippen molar-refractivity contribution in [2.45, 2.75) is 13.0 Å². The van der Waals surface area contributed by atoms with E-state index in [0.29, 0.717) is 0 Å². The predicted octanol–water partition coefficient (Wildman–Crippen LogP) is 1.90. The first-order valence-electron chi connectivity index (χ1n) is 4.93. The van der Waals surface area contributed by atoms with E-state index in [0.717, 1.165) is 25.2 Å². The molecule has 0 saturated heterocycles. The van der Waals surface area contributed by atoms with E-state index >= 15 is 0 Å². The average Bonchev–Trinajstić information content (AvgIpc) is 2.15. The van der Waals surface area contributed by atoms with Gasteiger partial charge >= 0.3 is 0 Å². The lowest BCUT2D eigenvalue weighted by Gasteiger charge is -2.26. The Bertz CT molecular complexity index is 369. The zero-order valence-corrected chi connectivity index (χ0v) is 8.59. The van der Waals surface area contributed by atoms with Crippen LogP contribution in [0.2, 0.25) is 0 Å². The molecule has 2 nitrogen and oxygen atoms in total. The highest BCUT2D eigenvalue weighted by Crippen LogP contribution is 2.25. The van der Waals surface area contributed by atoms with Crippen LogP contribution in [0.4, 0.5) is 5.69 Å². The van der Waals surface area contributed by atoms with Crippen molar-refractivity contribution in [3.8, 4) is 0 Å². The Balaban J connectivity index is 2.51. The minimum atomic E-state index is 0.842. The molecule has 1 aromatic rings. The summed E-state index contributed by atoms with van der Waals surface area (Å²) in [6.07, 6.45) is 3.01. The first kappa shape index (κ1) is 9.28. The van der Waals surface area contributed by atoms with E-state index in [-0.39, 0.29) is 0 Å². The number of nitrogens with zero attached hydrogens (tertiary/aromatic N) is 1. The number of nitrogen functional groups attached to an aromatic ring is 1. The largest absolute Gasteiger partial charge is 0.399 e. The van der Waals surface area contributed by atoms with Crippen LogP contribution in [0.3, 0.4) is 0 Å². The maximum absolute atomic E-state index is 5.84. The van der Waals surface area contributed by atoms with Gasteiger partial charge in [-0.3, -0.25) is 0 Å². The molecule has 1 aliphatic rings. The molecule has 1 heterocycles. The van der Waals surface area contributed by atoms with Gasteiger partial charge in [-0.1, -0.05) is 12.7 Å². The molecular weight excluding hydrogens is 172 g/mol. The van der Waals surface area contributed by atoms with Crippen LogP contribution in [0.5, 0.6) is 0 Å². The van der Waals surface area contributed by atoms with E-state index in [9.17, 15) is 0 Å². The Hall–Kier alpha value is -1.28. The zero-order valence-electron chi connectivity index (χ0n) is 8.59. The molecule has 0 bridgehead atoms. The fourth-order valence-electron chi connectivity index (χ4n) is 2.08. The van der Waals surface area contributed by atoms with Crippen molar-refractivity contribution < 1.29 is 0 Å². The van der Waals surface area contributed by atoms with Crippen molar-refractivity contribution in [1.29, 1.82) is 0 Å². The maximum Gasteiger partial charge on any atom is 0.0323 e. The lowest BCUT2D eigenvalue weighted by atomic mass is 9.94. The van der Waals surface area contributed by atoms with Gasteiger partial charge in [0.2, 0.25) is 0 Å². The molecule has 0 aliphatic carbocycles. The molecule has 0 radical (unpaired) electrons. The molecule has 1 aliphatic heterocycles. The molecule has 0 atom stereocenters. The van der Waals surface area contributed by atoms with Crippen molar-refractivity contribution >= 4 is 11.8 Å². The molecular formula is C12H16N2. The second kappa shape index (κ2) is 3.46. The van der Waals surface area contributed by atoms with Gasteiger partial charge in [0.15, 0.2) is 0 Å². The van der Waals surface area contributed by atoms with Crippen LogP contribution in [0.1, 0.15) is 16.7 Å². The monoisotopic (exact) mass is 188 g/mol. The number of hydrogen-bond donors (Lipinski definition) is 1. The molecule has 2 N–H and O–H groups in total. The summed E-state index contributed by atoms with van der Waals surface area (Å²) in [5.41, 5.74) is 10.7. The van der Waals surface area contributed by atoms with Gasteiger partial charge in [0.25, 0.3) is 0 Å². The lowest BCUT2D eigenvalue weighted by Crippen LogP contribution is -2.27. The Morgan fingerprint density at radius 3 is 3.00 bits per heavy atom. The SMILES string of the molecule is C=Cc1cc(N)cc2c1CCN(C)C2. The molecule has 2 heteroatoms. The first-order chi connectivity index (χ1) is 6.70. The highest BCUT2D eigenvalue weighted by Gasteiger charge is 2.15. The Morgan fingerprint density at radius 2 is 2.29 bits per heavy atom. The van der Waals surface area contributed by atoms with Gasteiger partial charge in [0.1, 0.15) is 0 Å². The van der Waals surface area contributed by atoms with Gasteiger partial charge in [-0.05, 0) is 42.3 Å². The summed E-state index contributed by atoms with van der Waals surface area (Å²) in [5.74, 6) is 0. The topological polar surface area (TPSA) is 29.3 Å². The van der Waals surface area contributed by atoms with E-state index in [1.54, 1.807) is 0 Å². The summed E-state index contributed by atoms with van der Waals surface area (Å²) < 4.78 is 0. The third kappa shape index (κ3) is 1.53. The Labute approximate surface area is 85.0 Å². The van der Waals surface area contributed by atoms with E-state index in [4.69, 9.17) is 5.73 Å². The second-order valence-corrected chi connectivity index (χ2v) is 3.94.